The van der Waals surface area contributed by atoms with E-state index in [1.54, 1.807) is 11.0 Å². The number of aryl methyl sites for hydroxylation is 1. The van der Waals surface area contributed by atoms with Gasteiger partial charge in [-0.25, -0.2) is 19.6 Å². The van der Waals surface area contributed by atoms with E-state index in [0.29, 0.717) is 11.5 Å². The molecule has 0 saturated heterocycles. The van der Waals surface area contributed by atoms with Crippen LogP contribution >= 0.6 is 15.9 Å². The summed E-state index contributed by atoms with van der Waals surface area (Å²) in [7, 11) is 0. The van der Waals surface area contributed by atoms with Crippen LogP contribution in [-0.4, -0.2) is 29.7 Å². The van der Waals surface area contributed by atoms with Crippen LogP contribution in [0.15, 0.2) is 17.1 Å². The molecule has 0 bridgehead atoms. The Bertz CT molecular complexity index is 698. The van der Waals surface area contributed by atoms with Crippen molar-refractivity contribution in [2.45, 2.75) is 13.8 Å². The maximum atomic E-state index is 4.44. The van der Waals surface area contributed by atoms with Gasteiger partial charge in [-0.1, -0.05) is 0 Å². The van der Waals surface area contributed by atoms with Gasteiger partial charge in [0.25, 0.3) is 0 Å². The number of hydrogen-bond donors (Lipinski definition) is 1. The highest BCUT2D eigenvalue weighted by molar-refractivity contribution is 9.10. The van der Waals surface area contributed by atoms with Crippen LogP contribution in [0.1, 0.15) is 11.4 Å². The highest BCUT2D eigenvalue weighted by Gasteiger charge is 2.14. The third kappa shape index (κ3) is 1.46. The number of H-pyrrole nitrogens is 1. The SMILES string of the molecule is Cc1nn(-c2ncnc3nc[nH]c23)c(C)c1Br. The van der Waals surface area contributed by atoms with Gasteiger partial charge in [0.05, 0.1) is 22.2 Å². The normalized spacial score (nSPS) is 11.2. The van der Waals surface area contributed by atoms with Crippen LogP contribution in [0.3, 0.4) is 0 Å². The molecule has 0 aliphatic rings. The van der Waals surface area contributed by atoms with Crippen molar-refractivity contribution in [3.8, 4) is 5.82 Å². The molecule has 3 heterocycles. The molecule has 1 N–H and O–H groups in total. The Labute approximate surface area is 105 Å². The molecular formula is C10H9BrN6. The molecule has 0 aromatic carbocycles. The Morgan fingerprint density at radius 3 is 2.76 bits per heavy atom. The molecule has 86 valence electrons. The Balaban J connectivity index is 2.34. The van der Waals surface area contributed by atoms with Gasteiger partial charge in [0.1, 0.15) is 11.8 Å². The number of nitrogens with zero attached hydrogens (tertiary/aromatic N) is 5. The van der Waals surface area contributed by atoms with Gasteiger partial charge in [-0.2, -0.15) is 5.10 Å². The van der Waals surface area contributed by atoms with Gasteiger partial charge in [-0.05, 0) is 29.8 Å². The Morgan fingerprint density at radius 2 is 2.06 bits per heavy atom. The lowest BCUT2D eigenvalue weighted by Gasteiger charge is -2.03. The van der Waals surface area contributed by atoms with Crippen molar-refractivity contribution < 1.29 is 0 Å². The zero-order chi connectivity index (χ0) is 12.0. The third-order valence-electron chi connectivity index (χ3n) is 2.61. The Morgan fingerprint density at radius 1 is 1.24 bits per heavy atom. The van der Waals surface area contributed by atoms with Gasteiger partial charge in [0.15, 0.2) is 11.5 Å². The number of aromatic amines is 1. The summed E-state index contributed by atoms with van der Waals surface area (Å²) in [5.41, 5.74) is 3.34. The molecule has 0 aliphatic heterocycles. The van der Waals surface area contributed by atoms with Crippen molar-refractivity contribution in [3.05, 3.63) is 28.5 Å². The highest BCUT2D eigenvalue weighted by Crippen LogP contribution is 2.24. The van der Waals surface area contributed by atoms with Crippen molar-refractivity contribution in [2.24, 2.45) is 0 Å². The molecular weight excluding hydrogens is 284 g/mol. The summed E-state index contributed by atoms with van der Waals surface area (Å²) >= 11 is 3.50. The second-order valence-corrected chi connectivity index (χ2v) is 4.49. The topological polar surface area (TPSA) is 72.3 Å². The molecule has 0 fully saturated rings. The van der Waals surface area contributed by atoms with Gasteiger partial charge in [-0.15, -0.1) is 0 Å². The summed E-state index contributed by atoms with van der Waals surface area (Å²) in [5.74, 6) is 0.707. The van der Waals surface area contributed by atoms with Crippen LogP contribution in [0.4, 0.5) is 0 Å². The summed E-state index contributed by atoms with van der Waals surface area (Å²) in [6.07, 6.45) is 3.09. The summed E-state index contributed by atoms with van der Waals surface area (Å²) in [6.45, 7) is 3.92. The van der Waals surface area contributed by atoms with E-state index in [0.717, 1.165) is 21.4 Å². The summed E-state index contributed by atoms with van der Waals surface area (Å²) in [6, 6.07) is 0. The van der Waals surface area contributed by atoms with Crippen molar-refractivity contribution in [2.75, 3.05) is 0 Å². The van der Waals surface area contributed by atoms with Crippen molar-refractivity contribution >= 4 is 27.1 Å². The minimum absolute atomic E-state index is 0.638. The maximum Gasteiger partial charge on any atom is 0.182 e. The van der Waals surface area contributed by atoms with E-state index >= 15 is 0 Å². The number of aromatic nitrogens is 6. The molecule has 17 heavy (non-hydrogen) atoms. The third-order valence-corrected chi connectivity index (χ3v) is 3.75. The van der Waals surface area contributed by atoms with Crippen LogP contribution in [0, 0.1) is 13.8 Å². The largest absolute Gasteiger partial charge is 0.340 e. The molecule has 0 atom stereocenters. The second-order valence-electron chi connectivity index (χ2n) is 3.70. The average molecular weight is 293 g/mol. The molecule has 3 aromatic rings. The first-order chi connectivity index (χ1) is 8.18. The van der Waals surface area contributed by atoms with Crippen molar-refractivity contribution in [1.29, 1.82) is 0 Å². The number of halogens is 1. The number of fused-ring (bicyclic) bond motifs is 1. The molecule has 0 aliphatic carbocycles. The zero-order valence-electron chi connectivity index (χ0n) is 9.27. The zero-order valence-corrected chi connectivity index (χ0v) is 10.9. The van der Waals surface area contributed by atoms with Crippen LogP contribution < -0.4 is 0 Å². The standard InChI is InChI=1S/C10H9BrN6/c1-5-7(11)6(2)17(16-5)10-8-9(13-3-12-8)14-4-15-10/h3-4H,1-2H3,(H,12,13,14,15). The first-order valence-electron chi connectivity index (χ1n) is 5.04. The molecule has 3 rings (SSSR count). The lowest BCUT2D eigenvalue weighted by Crippen LogP contribution is -2.03. The van der Waals surface area contributed by atoms with Gasteiger partial charge in [0, 0.05) is 0 Å². The molecule has 6 nitrogen and oxygen atoms in total. The molecule has 7 heteroatoms. The van der Waals surface area contributed by atoms with E-state index in [1.165, 1.54) is 6.33 Å². The summed E-state index contributed by atoms with van der Waals surface area (Å²) in [4.78, 5) is 15.5. The highest BCUT2D eigenvalue weighted by atomic mass is 79.9. The molecule has 0 amide bonds. The predicted octanol–water partition coefficient (Wildman–Crippen LogP) is 1.92. The van der Waals surface area contributed by atoms with Crippen LogP contribution in [0.25, 0.3) is 17.0 Å². The van der Waals surface area contributed by atoms with E-state index in [-0.39, 0.29) is 0 Å². The molecule has 0 saturated carbocycles. The predicted molar refractivity (Wildman–Crippen MR) is 66.0 cm³/mol. The summed E-state index contributed by atoms with van der Waals surface area (Å²) in [5, 5.41) is 4.44. The number of imidazole rings is 1. The van der Waals surface area contributed by atoms with E-state index in [2.05, 4.69) is 41.0 Å². The second kappa shape index (κ2) is 3.63. The Hall–Kier alpha value is -1.76. The number of rotatable bonds is 1. The first kappa shape index (κ1) is 10.4. The molecule has 0 unspecified atom stereocenters. The van der Waals surface area contributed by atoms with Crippen LogP contribution in [0.5, 0.6) is 0 Å². The monoisotopic (exact) mass is 292 g/mol. The van der Waals surface area contributed by atoms with Gasteiger partial charge in [0.2, 0.25) is 0 Å². The number of hydrogen-bond acceptors (Lipinski definition) is 4. The summed E-state index contributed by atoms with van der Waals surface area (Å²) < 4.78 is 2.77. The van der Waals surface area contributed by atoms with E-state index < -0.39 is 0 Å². The average Bonchev–Trinajstić information content (AvgIpc) is 2.89. The fourth-order valence-corrected chi connectivity index (χ4v) is 1.99. The fraction of sp³-hybridized carbons (Fsp3) is 0.200. The lowest BCUT2D eigenvalue weighted by atomic mass is 10.4. The van der Waals surface area contributed by atoms with E-state index in [4.69, 9.17) is 0 Å². The Kier molecular flexibility index (Phi) is 2.22. The van der Waals surface area contributed by atoms with Crippen molar-refractivity contribution in [1.82, 2.24) is 29.7 Å². The van der Waals surface area contributed by atoms with Gasteiger partial charge in [-0.3, -0.25) is 0 Å². The minimum Gasteiger partial charge on any atom is -0.340 e. The molecule has 3 aromatic heterocycles. The van der Waals surface area contributed by atoms with Gasteiger partial charge >= 0.3 is 0 Å². The number of nitrogens with one attached hydrogen (secondary N) is 1. The van der Waals surface area contributed by atoms with Crippen LogP contribution in [-0.2, 0) is 0 Å². The fourth-order valence-electron chi connectivity index (χ4n) is 1.74. The van der Waals surface area contributed by atoms with E-state index in [9.17, 15) is 0 Å². The molecule has 0 radical (unpaired) electrons. The van der Waals surface area contributed by atoms with Gasteiger partial charge < -0.3 is 4.98 Å². The van der Waals surface area contributed by atoms with E-state index in [1.807, 2.05) is 13.8 Å². The lowest BCUT2D eigenvalue weighted by molar-refractivity contribution is 0.808. The molecule has 0 spiro atoms. The quantitative estimate of drug-likeness (QED) is 0.744. The minimum atomic E-state index is 0.638. The first-order valence-corrected chi connectivity index (χ1v) is 5.84. The maximum absolute atomic E-state index is 4.44. The van der Waals surface area contributed by atoms with Crippen LogP contribution in [0.2, 0.25) is 0 Å². The van der Waals surface area contributed by atoms with Crippen molar-refractivity contribution in [3.63, 3.8) is 0 Å². The smallest absolute Gasteiger partial charge is 0.182 e.